The van der Waals surface area contributed by atoms with Crippen molar-refractivity contribution in [1.29, 1.82) is 0 Å². The molecular formula is C14H15F2N3. The number of hydrogen-bond donors (Lipinski definition) is 1. The molecule has 0 radical (unpaired) electrons. The molecule has 2 aromatic rings. The van der Waals surface area contributed by atoms with Gasteiger partial charge in [0, 0.05) is 12.1 Å². The summed E-state index contributed by atoms with van der Waals surface area (Å²) >= 11 is 0. The lowest BCUT2D eigenvalue weighted by molar-refractivity contribution is 0.401. The van der Waals surface area contributed by atoms with E-state index in [0.29, 0.717) is 0 Å². The lowest BCUT2D eigenvalue weighted by Crippen LogP contribution is -2.28. The maximum Gasteiger partial charge on any atom is 0.147 e. The van der Waals surface area contributed by atoms with E-state index in [4.69, 9.17) is 0 Å². The van der Waals surface area contributed by atoms with Crippen molar-refractivity contribution < 1.29 is 8.78 Å². The first kappa shape index (κ1) is 12.3. The van der Waals surface area contributed by atoms with Crippen molar-refractivity contribution in [2.75, 3.05) is 6.54 Å². The van der Waals surface area contributed by atoms with Gasteiger partial charge >= 0.3 is 0 Å². The molecule has 0 aliphatic carbocycles. The third-order valence-corrected chi connectivity index (χ3v) is 3.50. The third-order valence-electron chi connectivity index (χ3n) is 3.50. The van der Waals surface area contributed by atoms with E-state index >= 15 is 0 Å². The lowest BCUT2D eigenvalue weighted by Gasteiger charge is -2.24. The Hall–Kier alpha value is -1.75. The Morgan fingerprint density at radius 2 is 2.16 bits per heavy atom. The predicted octanol–water partition coefficient (Wildman–Crippen LogP) is 2.97. The van der Waals surface area contributed by atoms with Crippen molar-refractivity contribution in [3.8, 4) is 5.69 Å². The van der Waals surface area contributed by atoms with Crippen molar-refractivity contribution >= 4 is 0 Å². The summed E-state index contributed by atoms with van der Waals surface area (Å²) in [5.74, 6) is -0.899. The molecule has 5 heteroatoms. The highest BCUT2D eigenvalue weighted by Gasteiger charge is 2.20. The molecule has 1 aromatic carbocycles. The number of halogens is 2. The van der Waals surface area contributed by atoms with E-state index in [2.05, 4.69) is 10.3 Å². The zero-order valence-electron chi connectivity index (χ0n) is 10.4. The van der Waals surface area contributed by atoms with Crippen molar-refractivity contribution in [2.45, 2.75) is 25.3 Å². The maximum atomic E-state index is 13.8. The van der Waals surface area contributed by atoms with Crippen molar-refractivity contribution in [2.24, 2.45) is 0 Å². The van der Waals surface area contributed by atoms with Gasteiger partial charge in [0.1, 0.15) is 11.6 Å². The Morgan fingerprint density at radius 1 is 1.26 bits per heavy atom. The maximum absolute atomic E-state index is 13.8. The molecule has 1 atom stereocenters. The number of nitrogens with one attached hydrogen (secondary N) is 1. The van der Waals surface area contributed by atoms with E-state index in [9.17, 15) is 8.78 Å². The van der Waals surface area contributed by atoms with Gasteiger partial charge in [0.2, 0.25) is 0 Å². The van der Waals surface area contributed by atoms with E-state index in [1.165, 1.54) is 12.4 Å². The van der Waals surface area contributed by atoms with Gasteiger partial charge in [0.25, 0.3) is 0 Å². The molecule has 100 valence electrons. The molecule has 0 amide bonds. The lowest BCUT2D eigenvalue weighted by atomic mass is 10.0. The first-order valence-corrected chi connectivity index (χ1v) is 6.47. The number of benzene rings is 1. The van der Waals surface area contributed by atoms with Crippen molar-refractivity contribution in [1.82, 2.24) is 14.9 Å². The Balaban J connectivity index is 2.01. The van der Waals surface area contributed by atoms with Crippen LogP contribution in [0.4, 0.5) is 8.78 Å². The largest absolute Gasteiger partial charge is 0.309 e. The van der Waals surface area contributed by atoms with Crippen molar-refractivity contribution in [3.63, 3.8) is 0 Å². The first-order valence-electron chi connectivity index (χ1n) is 6.47. The summed E-state index contributed by atoms with van der Waals surface area (Å²) in [7, 11) is 0. The molecule has 1 fully saturated rings. The Kier molecular flexibility index (Phi) is 3.29. The average molecular weight is 263 g/mol. The Labute approximate surface area is 110 Å². The smallest absolute Gasteiger partial charge is 0.147 e. The molecule has 1 aliphatic heterocycles. The van der Waals surface area contributed by atoms with Gasteiger partial charge in [0.05, 0.1) is 23.9 Å². The molecule has 0 bridgehead atoms. The number of aromatic nitrogens is 2. The van der Waals surface area contributed by atoms with Gasteiger partial charge in [-0.05, 0) is 31.5 Å². The van der Waals surface area contributed by atoms with Crippen LogP contribution in [0.3, 0.4) is 0 Å². The van der Waals surface area contributed by atoms with Crippen LogP contribution in [0.25, 0.3) is 5.69 Å². The van der Waals surface area contributed by atoms with E-state index in [0.717, 1.165) is 43.6 Å². The summed E-state index contributed by atoms with van der Waals surface area (Å²) < 4.78 is 28.8. The molecule has 1 aliphatic rings. The highest BCUT2D eigenvalue weighted by molar-refractivity contribution is 5.36. The van der Waals surface area contributed by atoms with Crippen LogP contribution in [-0.2, 0) is 0 Å². The third kappa shape index (κ3) is 2.38. The number of imidazole rings is 1. The quantitative estimate of drug-likeness (QED) is 0.902. The number of rotatable bonds is 2. The van der Waals surface area contributed by atoms with Gasteiger partial charge < -0.3 is 5.32 Å². The zero-order chi connectivity index (χ0) is 13.2. The summed E-state index contributed by atoms with van der Waals surface area (Å²) in [5, 5.41) is 3.39. The van der Waals surface area contributed by atoms with Gasteiger partial charge in [-0.15, -0.1) is 0 Å². The van der Waals surface area contributed by atoms with Crippen LogP contribution in [0.1, 0.15) is 31.0 Å². The topological polar surface area (TPSA) is 29.9 Å². The molecule has 3 rings (SSSR count). The standard InChI is InChI=1S/C14H15F2N3/c15-10-4-5-11(16)13(7-10)19-9-17-8-14(19)12-3-1-2-6-18-12/h4-5,7-9,12,18H,1-3,6H2. The summed E-state index contributed by atoms with van der Waals surface area (Å²) in [4.78, 5) is 4.08. The Morgan fingerprint density at radius 3 is 2.95 bits per heavy atom. The summed E-state index contributed by atoms with van der Waals surface area (Å²) in [6.45, 7) is 0.946. The van der Waals surface area contributed by atoms with Crippen LogP contribution in [0.2, 0.25) is 0 Å². The van der Waals surface area contributed by atoms with Gasteiger partial charge in [-0.25, -0.2) is 13.8 Å². The molecule has 3 nitrogen and oxygen atoms in total. The fourth-order valence-electron chi connectivity index (χ4n) is 2.54. The molecule has 0 saturated carbocycles. The van der Waals surface area contributed by atoms with Crippen LogP contribution in [0.5, 0.6) is 0 Å². The van der Waals surface area contributed by atoms with Gasteiger partial charge in [-0.3, -0.25) is 4.57 Å². The average Bonchev–Trinajstić information content (AvgIpc) is 2.91. The Bertz CT molecular complexity index is 574. The second-order valence-electron chi connectivity index (χ2n) is 4.79. The summed E-state index contributed by atoms with van der Waals surface area (Å²) in [6, 6.07) is 3.61. The van der Waals surface area contributed by atoms with Gasteiger partial charge in [-0.2, -0.15) is 0 Å². The van der Waals surface area contributed by atoms with E-state index in [-0.39, 0.29) is 11.7 Å². The van der Waals surface area contributed by atoms with E-state index in [1.54, 1.807) is 10.8 Å². The molecule has 0 spiro atoms. The molecule has 1 unspecified atom stereocenters. The van der Waals surface area contributed by atoms with E-state index in [1.807, 2.05) is 0 Å². The fourth-order valence-corrected chi connectivity index (χ4v) is 2.54. The highest BCUT2D eigenvalue weighted by atomic mass is 19.1. The minimum absolute atomic E-state index is 0.152. The molecule has 19 heavy (non-hydrogen) atoms. The molecular weight excluding hydrogens is 248 g/mol. The van der Waals surface area contributed by atoms with Crippen LogP contribution < -0.4 is 5.32 Å². The molecule has 1 aromatic heterocycles. The number of piperidine rings is 1. The van der Waals surface area contributed by atoms with Crippen LogP contribution in [0, 0.1) is 11.6 Å². The van der Waals surface area contributed by atoms with Gasteiger partial charge in [-0.1, -0.05) is 6.42 Å². The molecule has 1 N–H and O–H groups in total. The normalized spacial score (nSPS) is 19.6. The molecule has 1 saturated heterocycles. The number of hydrogen-bond acceptors (Lipinski definition) is 2. The summed E-state index contributed by atoms with van der Waals surface area (Å²) in [6.07, 6.45) is 6.52. The van der Waals surface area contributed by atoms with Gasteiger partial charge in [0.15, 0.2) is 0 Å². The van der Waals surface area contributed by atoms with Crippen LogP contribution >= 0.6 is 0 Å². The van der Waals surface area contributed by atoms with Crippen LogP contribution in [-0.4, -0.2) is 16.1 Å². The SMILES string of the molecule is Fc1ccc(F)c(-n2cncc2C2CCCCN2)c1. The van der Waals surface area contributed by atoms with Crippen LogP contribution in [0.15, 0.2) is 30.7 Å². The monoisotopic (exact) mass is 263 g/mol. The predicted molar refractivity (Wildman–Crippen MR) is 68.1 cm³/mol. The first-order chi connectivity index (χ1) is 9.25. The second-order valence-corrected chi connectivity index (χ2v) is 4.79. The highest BCUT2D eigenvalue weighted by Crippen LogP contribution is 2.26. The minimum atomic E-state index is -0.451. The fraction of sp³-hybridized carbons (Fsp3) is 0.357. The second kappa shape index (κ2) is 5.09. The summed E-state index contributed by atoms with van der Waals surface area (Å²) in [5.41, 5.74) is 1.09. The van der Waals surface area contributed by atoms with Crippen molar-refractivity contribution in [3.05, 3.63) is 48.1 Å². The van der Waals surface area contributed by atoms with E-state index < -0.39 is 11.6 Å². The zero-order valence-corrected chi connectivity index (χ0v) is 10.4. The molecule has 2 heterocycles. The number of nitrogens with zero attached hydrogens (tertiary/aromatic N) is 2. The minimum Gasteiger partial charge on any atom is -0.309 e.